The summed E-state index contributed by atoms with van der Waals surface area (Å²) < 4.78 is 7.30. The number of rotatable bonds is 5. The van der Waals surface area contributed by atoms with Gasteiger partial charge in [-0.1, -0.05) is 42.5 Å². The number of fused-ring (bicyclic) bond motifs is 1. The summed E-state index contributed by atoms with van der Waals surface area (Å²) in [6.07, 6.45) is 7.31. The molecule has 1 fully saturated rings. The molecular weight excluding hydrogens is 372 g/mol. The van der Waals surface area contributed by atoms with Crippen LogP contribution in [-0.2, 0) is 6.42 Å². The van der Waals surface area contributed by atoms with E-state index in [-0.39, 0.29) is 0 Å². The number of anilines is 1. The Balaban J connectivity index is 1.35. The first-order valence-electron chi connectivity index (χ1n) is 10.6. The lowest BCUT2D eigenvalue weighted by molar-refractivity contribution is 0.402. The molecule has 5 nitrogen and oxygen atoms in total. The third kappa shape index (κ3) is 3.75. The zero-order chi connectivity index (χ0) is 20.3. The van der Waals surface area contributed by atoms with E-state index in [0.717, 1.165) is 47.3 Å². The Labute approximate surface area is 176 Å². The molecule has 0 radical (unpaired) electrons. The Morgan fingerprint density at radius 1 is 1.00 bits per heavy atom. The van der Waals surface area contributed by atoms with Crippen molar-refractivity contribution in [1.29, 1.82) is 0 Å². The summed E-state index contributed by atoms with van der Waals surface area (Å²) >= 11 is 0. The second-order valence-electron chi connectivity index (χ2n) is 7.96. The van der Waals surface area contributed by atoms with E-state index >= 15 is 0 Å². The van der Waals surface area contributed by atoms with Gasteiger partial charge < -0.3 is 9.64 Å². The molecule has 2 aromatic carbocycles. The monoisotopic (exact) mass is 398 g/mol. The highest BCUT2D eigenvalue weighted by molar-refractivity contribution is 5.75. The molecule has 5 rings (SSSR count). The van der Waals surface area contributed by atoms with Crippen LogP contribution in [0.4, 0.5) is 5.82 Å². The van der Waals surface area contributed by atoms with Crippen LogP contribution in [0.3, 0.4) is 0 Å². The van der Waals surface area contributed by atoms with Crippen LogP contribution in [0, 0.1) is 5.92 Å². The van der Waals surface area contributed by atoms with Crippen LogP contribution >= 0.6 is 0 Å². The summed E-state index contributed by atoms with van der Waals surface area (Å²) in [6.45, 7) is 2.06. The molecule has 0 amide bonds. The molecule has 0 bridgehead atoms. The molecule has 5 heteroatoms. The van der Waals surface area contributed by atoms with E-state index in [1.807, 2.05) is 35.1 Å². The molecule has 3 heterocycles. The molecule has 2 aromatic heterocycles. The normalized spacial score (nSPS) is 14.9. The minimum Gasteiger partial charge on any atom is -0.497 e. The van der Waals surface area contributed by atoms with Crippen LogP contribution in [0.25, 0.3) is 16.8 Å². The van der Waals surface area contributed by atoms with Crippen LogP contribution in [0.5, 0.6) is 5.75 Å². The zero-order valence-electron chi connectivity index (χ0n) is 17.2. The molecule has 30 heavy (non-hydrogen) atoms. The summed E-state index contributed by atoms with van der Waals surface area (Å²) in [7, 11) is 1.69. The van der Waals surface area contributed by atoms with E-state index in [4.69, 9.17) is 14.8 Å². The maximum Gasteiger partial charge on any atom is 0.154 e. The first-order valence-corrected chi connectivity index (χ1v) is 10.6. The number of ether oxygens (including phenoxy) is 1. The molecule has 1 aliphatic heterocycles. The average molecular weight is 399 g/mol. The molecule has 0 spiro atoms. The standard InChI is InChI=1S/C25H26N4O/c1-30-22-9-5-8-21(17-22)23-18-24-25(26-12-15-29(24)27-23)28-13-10-20(11-14-28)16-19-6-3-2-4-7-19/h2-9,12,15,17-18,20H,10-11,13-14,16H2,1H3. The van der Waals surface area contributed by atoms with E-state index in [1.54, 1.807) is 7.11 Å². The van der Waals surface area contributed by atoms with Gasteiger partial charge in [-0.25, -0.2) is 9.50 Å². The first-order chi connectivity index (χ1) is 14.8. The third-order valence-electron chi connectivity index (χ3n) is 6.02. The molecule has 1 saturated heterocycles. The molecule has 152 valence electrons. The molecule has 0 saturated carbocycles. The molecule has 4 aromatic rings. The van der Waals surface area contributed by atoms with Crippen molar-refractivity contribution in [3.8, 4) is 17.0 Å². The number of piperidine rings is 1. The van der Waals surface area contributed by atoms with Crippen LogP contribution in [0.2, 0.25) is 0 Å². The minimum atomic E-state index is 0.737. The number of benzene rings is 2. The maximum absolute atomic E-state index is 5.37. The Hall–Kier alpha value is -3.34. The minimum absolute atomic E-state index is 0.737. The Kier molecular flexibility index (Phi) is 5.10. The van der Waals surface area contributed by atoms with Crippen LogP contribution in [-0.4, -0.2) is 34.8 Å². The van der Waals surface area contributed by atoms with Crippen molar-refractivity contribution in [3.05, 3.63) is 78.6 Å². The van der Waals surface area contributed by atoms with Gasteiger partial charge in [-0.05, 0) is 48.9 Å². The highest BCUT2D eigenvalue weighted by atomic mass is 16.5. The highest BCUT2D eigenvalue weighted by Gasteiger charge is 2.22. The van der Waals surface area contributed by atoms with Gasteiger partial charge in [-0.3, -0.25) is 0 Å². The summed E-state index contributed by atoms with van der Waals surface area (Å²) in [5.74, 6) is 2.60. The first kappa shape index (κ1) is 18.7. The van der Waals surface area contributed by atoms with E-state index < -0.39 is 0 Å². The molecule has 0 aliphatic carbocycles. The Morgan fingerprint density at radius 2 is 1.83 bits per heavy atom. The zero-order valence-corrected chi connectivity index (χ0v) is 17.2. The van der Waals surface area contributed by atoms with Crippen LogP contribution in [0.15, 0.2) is 73.1 Å². The van der Waals surface area contributed by atoms with E-state index in [9.17, 15) is 0 Å². The fraction of sp³-hybridized carbons (Fsp3) is 0.280. The van der Waals surface area contributed by atoms with Gasteiger partial charge in [-0.2, -0.15) is 5.10 Å². The topological polar surface area (TPSA) is 42.7 Å². The van der Waals surface area contributed by atoms with Crippen LogP contribution in [0.1, 0.15) is 18.4 Å². The van der Waals surface area contributed by atoms with Crippen molar-refractivity contribution in [2.24, 2.45) is 5.92 Å². The highest BCUT2D eigenvalue weighted by Crippen LogP contribution is 2.30. The van der Waals surface area contributed by atoms with Gasteiger partial charge in [0.15, 0.2) is 5.82 Å². The lowest BCUT2D eigenvalue weighted by atomic mass is 9.90. The molecule has 0 atom stereocenters. The smallest absolute Gasteiger partial charge is 0.154 e. The summed E-state index contributed by atoms with van der Waals surface area (Å²) in [5.41, 5.74) is 4.47. The van der Waals surface area contributed by atoms with Crippen molar-refractivity contribution in [1.82, 2.24) is 14.6 Å². The summed E-state index contributed by atoms with van der Waals surface area (Å²) in [4.78, 5) is 7.13. The quantitative estimate of drug-likeness (QED) is 0.481. The van der Waals surface area contributed by atoms with Gasteiger partial charge in [0, 0.05) is 31.0 Å². The van der Waals surface area contributed by atoms with Crippen molar-refractivity contribution < 1.29 is 4.74 Å². The van der Waals surface area contributed by atoms with Gasteiger partial charge in [0.2, 0.25) is 0 Å². The number of aromatic nitrogens is 3. The van der Waals surface area contributed by atoms with Crippen molar-refractivity contribution >= 4 is 11.3 Å². The van der Waals surface area contributed by atoms with Crippen molar-refractivity contribution in [2.45, 2.75) is 19.3 Å². The number of methoxy groups -OCH3 is 1. The summed E-state index contributed by atoms with van der Waals surface area (Å²) in [6, 6.07) is 21.0. The Bertz CT molecular complexity index is 1130. The number of hydrogen-bond acceptors (Lipinski definition) is 4. The fourth-order valence-electron chi connectivity index (χ4n) is 4.37. The van der Waals surface area contributed by atoms with Crippen molar-refractivity contribution in [3.63, 3.8) is 0 Å². The molecule has 1 aliphatic rings. The van der Waals surface area contributed by atoms with Gasteiger partial charge >= 0.3 is 0 Å². The number of nitrogens with zero attached hydrogens (tertiary/aromatic N) is 4. The Morgan fingerprint density at radius 3 is 2.63 bits per heavy atom. The SMILES string of the molecule is COc1cccc(-c2cc3c(N4CCC(Cc5ccccc5)CC4)nccn3n2)c1. The van der Waals surface area contributed by atoms with Gasteiger partial charge in [0.25, 0.3) is 0 Å². The van der Waals surface area contributed by atoms with Crippen LogP contribution < -0.4 is 9.64 Å². The molecular formula is C25H26N4O. The maximum atomic E-state index is 5.37. The van der Waals surface area contributed by atoms with E-state index in [2.05, 4.69) is 47.4 Å². The lowest BCUT2D eigenvalue weighted by Crippen LogP contribution is -2.35. The van der Waals surface area contributed by atoms with Gasteiger partial charge in [0.1, 0.15) is 11.3 Å². The van der Waals surface area contributed by atoms with Gasteiger partial charge in [-0.15, -0.1) is 0 Å². The predicted molar refractivity (Wildman–Crippen MR) is 120 cm³/mol. The second-order valence-corrected chi connectivity index (χ2v) is 7.96. The summed E-state index contributed by atoms with van der Waals surface area (Å²) in [5, 5.41) is 4.78. The molecule has 0 N–H and O–H groups in total. The average Bonchev–Trinajstić information content (AvgIpc) is 3.25. The predicted octanol–water partition coefficient (Wildman–Crippen LogP) is 4.86. The fourth-order valence-corrected chi connectivity index (χ4v) is 4.37. The van der Waals surface area contributed by atoms with E-state index in [0.29, 0.717) is 0 Å². The molecule has 0 unspecified atom stereocenters. The van der Waals surface area contributed by atoms with E-state index in [1.165, 1.54) is 24.8 Å². The third-order valence-corrected chi connectivity index (χ3v) is 6.02. The number of hydrogen-bond donors (Lipinski definition) is 0. The largest absolute Gasteiger partial charge is 0.497 e. The lowest BCUT2D eigenvalue weighted by Gasteiger charge is -2.33. The van der Waals surface area contributed by atoms with Crippen molar-refractivity contribution in [2.75, 3.05) is 25.1 Å². The second kappa shape index (κ2) is 8.19. The van der Waals surface area contributed by atoms with Gasteiger partial charge in [0.05, 0.1) is 12.8 Å².